The maximum absolute atomic E-state index is 12.8. The number of nitrogens with zero attached hydrogens (tertiary/aromatic N) is 2. The molecule has 230 valence electrons. The van der Waals surface area contributed by atoms with Crippen molar-refractivity contribution in [2.75, 3.05) is 32.8 Å². The van der Waals surface area contributed by atoms with Crippen molar-refractivity contribution in [2.24, 2.45) is 22.2 Å². The van der Waals surface area contributed by atoms with Gasteiger partial charge in [0.2, 0.25) is 29.5 Å². The third-order valence-electron chi connectivity index (χ3n) is 5.85. The Kier molecular flexibility index (Phi) is 14.5. The molecule has 1 saturated heterocycles. The van der Waals surface area contributed by atoms with Gasteiger partial charge in [0.15, 0.2) is 5.96 Å². The van der Waals surface area contributed by atoms with Gasteiger partial charge in [-0.05, 0) is 25.7 Å². The predicted molar refractivity (Wildman–Crippen MR) is 139 cm³/mol. The lowest BCUT2D eigenvalue weighted by atomic mass is 10.1. The fourth-order valence-electron chi connectivity index (χ4n) is 3.89. The van der Waals surface area contributed by atoms with Crippen molar-refractivity contribution in [1.82, 2.24) is 26.2 Å². The van der Waals surface area contributed by atoms with E-state index in [4.69, 9.17) is 17.2 Å². The number of nitrogens with one attached hydrogen (secondary N) is 4. The van der Waals surface area contributed by atoms with Gasteiger partial charge in [-0.2, -0.15) is 0 Å². The zero-order valence-corrected chi connectivity index (χ0v) is 22.2. The molecule has 4 atom stereocenters. The van der Waals surface area contributed by atoms with Crippen LogP contribution in [0.5, 0.6) is 0 Å². The van der Waals surface area contributed by atoms with E-state index in [2.05, 4.69) is 26.3 Å². The zero-order valence-electron chi connectivity index (χ0n) is 22.2. The molecule has 19 nitrogen and oxygen atoms in total. The van der Waals surface area contributed by atoms with Crippen LogP contribution < -0.4 is 38.5 Å². The number of hydrogen-bond acceptors (Lipinski definition) is 10. The number of carboxylic acids is 2. The van der Waals surface area contributed by atoms with E-state index in [-0.39, 0.29) is 38.3 Å². The first kappa shape index (κ1) is 34.5. The van der Waals surface area contributed by atoms with Gasteiger partial charge in [0.1, 0.15) is 24.2 Å². The van der Waals surface area contributed by atoms with E-state index in [9.17, 15) is 48.9 Å². The van der Waals surface area contributed by atoms with Crippen molar-refractivity contribution >= 4 is 47.4 Å². The second kappa shape index (κ2) is 17.2. The fraction of sp³-hybridized carbons (Fsp3) is 0.636. The second-order valence-corrected chi connectivity index (χ2v) is 8.98. The number of nitrogens with two attached hydrogens (primary N) is 3. The number of rotatable bonds is 17. The van der Waals surface area contributed by atoms with Gasteiger partial charge in [0.25, 0.3) is 0 Å². The Hall–Kier alpha value is -4.52. The molecule has 0 aromatic rings. The van der Waals surface area contributed by atoms with E-state index in [0.29, 0.717) is 6.42 Å². The Morgan fingerprint density at radius 3 is 2.15 bits per heavy atom. The fourth-order valence-corrected chi connectivity index (χ4v) is 3.89. The number of carboxylic acid groups (broad SMARTS) is 2. The highest BCUT2D eigenvalue weighted by atomic mass is 16.4. The van der Waals surface area contributed by atoms with Crippen LogP contribution in [0.4, 0.5) is 0 Å². The van der Waals surface area contributed by atoms with Gasteiger partial charge in [0, 0.05) is 13.1 Å². The van der Waals surface area contributed by atoms with Gasteiger partial charge in [-0.15, -0.1) is 0 Å². The van der Waals surface area contributed by atoms with Crippen LogP contribution in [0.3, 0.4) is 0 Å². The lowest BCUT2D eigenvalue weighted by Crippen LogP contribution is -2.58. The number of amides is 5. The molecule has 41 heavy (non-hydrogen) atoms. The number of guanidine groups is 1. The summed E-state index contributed by atoms with van der Waals surface area (Å²) < 4.78 is 0. The van der Waals surface area contributed by atoms with Gasteiger partial charge in [-0.1, -0.05) is 0 Å². The minimum Gasteiger partial charge on any atom is -0.481 e. The quantitative estimate of drug-likeness (QED) is 0.0431. The summed E-state index contributed by atoms with van der Waals surface area (Å²) in [5.41, 5.74) is 15.7. The van der Waals surface area contributed by atoms with Crippen LogP contribution in [-0.2, 0) is 33.6 Å². The van der Waals surface area contributed by atoms with Crippen LogP contribution in [0, 0.1) is 0 Å². The summed E-state index contributed by atoms with van der Waals surface area (Å²) in [4.78, 5) is 89.6. The van der Waals surface area contributed by atoms with Crippen molar-refractivity contribution in [1.29, 1.82) is 0 Å². The number of aliphatic carboxylic acids is 2. The molecule has 5 amide bonds. The van der Waals surface area contributed by atoms with E-state index in [1.165, 1.54) is 0 Å². The molecule has 13 N–H and O–H groups in total. The first-order valence-electron chi connectivity index (χ1n) is 12.6. The number of aliphatic hydroxyl groups is 1. The molecule has 1 rings (SSSR count). The minimum absolute atomic E-state index is 0.0797. The molecule has 0 aliphatic carbocycles. The monoisotopic (exact) mass is 587 g/mol. The number of aliphatic hydroxyl groups excluding tert-OH is 1. The molecule has 0 radical (unpaired) electrons. The molecule has 0 spiro atoms. The molecule has 0 bridgehead atoms. The van der Waals surface area contributed by atoms with E-state index >= 15 is 0 Å². The Balaban J connectivity index is 2.82. The van der Waals surface area contributed by atoms with Crippen LogP contribution in [0.15, 0.2) is 4.99 Å². The number of carbonyl (C=O) groups excluding carboxylic acids is 5. The molecule has 0 aromatic heterocycles. The third kappa shape index (κ3) is 12.0. The van der Waals surface area contributed by atoms with Gasteiger partial charge in [-0.25, -0.2) is 4.79 Å². The second-order valence-electron chi connectivity index (χ2n) is 8.98. The van der Waals surface area contributed by atoms with Crippen LogP contribution in [0.1, 0.15) is 32.1 Å². The third-order valence-corrected chi connectivity index (χ3v) is 5.85. The summed E-state index contributed by atoms with van der Waals surface area (Å²) in [5, 5.41) is 37.0. The number of carbonyl (C=O) groups is 7. The van der Waals surface area contributed by atoms with Crippen molar-refractivity contribution < 1.29 is 48.9 Å². The summed E-state index contributed by atoms with van der Waals surface area (Å²) >= 11 is 0. The summed E-state index contributed by atoms with van der Waals surface area (Å²) in [6.07, 6.45) is 0.0216. The summed E-state index contributed by atoms with van der Waals surface area (Å²) in [5.74, 6) is -7.35. The molecular weight excluding hydrogens is 550 g/mol. The lowest BCUT2D eigenvalue weighted by molar-refractivity contribution is -0.150. The van der Waals surface area contributed by atoms with Crippen molar-refractivity contribution in [3.05, 3.63) is 0 Å². The standard InChI is InChI=1S/C22H37N9O10/c23-8-15(33)28-11(3-1-5-26-22(24)25)18(37)27-9-16(34)29-12(7-17(35)36)19(38)30-13(10-32)20(39)31-6-2-4-14(31)21(40)41/h11-14,32H,1-10,23H2,(H,27,37)(H,28,33)(H,29,34)(H,30,38)(H,35,36)(H,40,41)(H4,24,25,26)/t11-,12+,13+,14-/m0/s1. The average molecular weight is 588 g/mol. The molecule has 1 fully saturated rings. The highest BCUT2D eigenvalue weighted by molar-refractivity contribution is 5.96. The number of hydrogen-bond donors (Lipinski definition) is 10. The van der Waals surface area contributed by atoms with E-state index in [0.717, 1.165) is 4.90 Å². The summed E-state index contributed by atoms with van der Waals surface area (Å²) in [6, 6.07) is -5.57. The van der Waals surface area contributed by atoms with Gasteiger partial charge in [-0.3, -0.25) is 33.8 Å². The van der Waals surface area contributed by atoms with Crippen LogP contribution in [0.2, 0.25) is 0 Å². The molecular formula is C22H37N9O10. The van der Waals surface area contributed by atoms with Crippen LogP contribution in [0.25, 0.3) is 0 Å². The maximum Gasteiger partial charge on any atom is 0.326 e. The van der Waals surface area contributed by atoms with Gasteiger partial charge in [0.05, 0.1) is 26.1 Å². The van der Waals surface area contributed by atoms with E-state index in [1.54, 1.807) is 0 Å². The Morgan fingerprint density at radius 1 is 0.927 bits per heavy atom. The molecule has 19 heteroatoms. The van der Waals surface area contributed by atoms with Crippen molar-refractivity contribution in [3.63, 3.8) is 0 Å². The highest BCUT2D eigenvalue weighted by Crippen LogP contribution is 2.18. The van der Waals surface area contributed by atoms with Crippen molar-refractivity contribution in [2.45, 2.75) is 56.3 Å². The van der Waals surface area contributed by atoms with Crippen LogP contribution >= 0.6 is 0 Å². The van der Waals surface area contributed by atoms with Gasteiger partial charge < -0.3 is 58.7 Å². The SMILES string of the molecule is NCC(=O)N[C@@H](CCCN=C(N)N)C(=O)NCC(=O)N[C@H](CC(=O)O)C(=O)N[C@H](CO)C(=O)N1CCC[C@H]1C(=O)O. The first-order valence-corrected chi connectivity index (χ1v) is 12.6. The minimum atomic E-state index is -1.72. The molecule has 0 aromatic carbocycles. The highest BCUT2D eigenvalue weighted by Gasteiger charge is 2.38. The first-order chi connectivity index (χ1) is 19.3. The average Bonchev–Trinajstić information content (AvgIpc) is 3.41. The van der Waals surface area contributed by atoms with Gasteiger partial charge >= 0.3 is 11.9 Å². The smallest absolute Gasteiger partial charge is 0.326 e. The molecule has 1 heterocycles. The normalized spacial score (nSPS) is 16.4. The zero-order chi connectivity index (χ0) is 31.1. The lowest BCUT2D eigenvalue weighted by Gasteiger charge is -2.27. The van der Waals surface area contributed by atoms with Crippen molar-refractivity contribution in [3.8, 4) is 0 Å². The Morgan fingerprint density at radius 2 is 1.59 bits per heavy atom. The number of aliphatic imine (C=N–C) groups is 1. The largest absolute Gasteiger partial charge is 0.481 e. The van der Waals surface area contributed by atoms with Crippen LogP contribution in [-0.4, -0.2) is 125 Å². The Bertz CT molecular complexity index is 1020. The van der Waals surface area contributed by atoms with E-state index < -0.39 is 91.8 Å². The van der Waals surface area contributed by atoms with E-state index in [1.807, 2.05) is 0 Å². The Labute approximate surface area is 234 Å². The molecule has 0 unspecified atom stereocenters. The molecule has 1 aliphatic heterocycles. The topological polar surface area (TPSA) is 322 Å². The maximum atomic E-state index is 12.8. The number of likely N-dealkylation sites (tertiary alicyclic amines) is 1. The predicted octanol–water partition coefficient (Wildman–Crippen LogP) is -5.89. The molecule has 1 aliphatic rings. The summed E-state index contributed by atoms with van der Waals surface area (Å²) in [6.45, 7) is -1.81. The molecule has 0 saturated carbocycles. The summed E-state index contributed by atoms with van der Waals surface area (Å²) in [7, 11) is 0.